The highest BCUT2D eigenvalue weighted by Crippen LogP contribution is 2.29. The molecule has 22 heavy (non-hydrogen) atoms. The number of imidazole rings is 1. The number of likely N-dealkylation sites (tertiary alicyclic amines) is 1. The molecule has 118 valence electrons. The fourth-order valence-electron chi connectivity index (χ4n) is 4.07. The minimum absolute atomic E-state index is 0.600. The number of rotatable bonds is 3. The summed E-state index contributed by atoms with van der Waals surface area (Å²) in [5.74, 6) is 2.09. The van der Waals surface area contributed by atoms with Crippen molar-refractivity contribution < 1.29 is 4.42 Å². The summed E-state index contributed by atoms with van der Waals surface area (Å²) in [6.45, 7) is 7.41. The first kappa shape index (κ1) is 14.1. The van der Waals surface area contributed by atoms with Crippen LogP contribution in [0.5, 0.6) is 0 Å². The number of fused-ring (bicyclic) bond motifs is 1. The van der Waals surface area contributed by atoms with Gasteiger partial charge in [-0.3, -0.25) is 4.90 Å². The van der Waals surface area contributed by atoms with Crippen LogP contribution in [0.15, 0.2) is 16.8 Å². The molecule has 1 atom stereocenters. The Kier molecular flexibility index (Phi) is 3.57. The van der Waals surface area contributed by atoms with E-state index in [1.54, 1.807) is 0 Å². The van der Waals surface area contributed by atoms with E-state index in [0.29, 0.717) is 6.04 Å². The van der Waals surface area contributed by atoms with E-state index >= 15 is 0 Å². The van der Waals surface area contributed by atoms with E-state index in [2.05, 4.69) is 33.8 Å². The minimum Gasteiger partial charge on any atom is -0.466 e. The van der Waals surface area contributed by atoms with Crippen molar-refractivity contribution >= 4 is 0 Å². The Labute approximate surface area is 132 Å². The molecule has 1 aliphatic heterocycles. The SMILES string of the molecule is Cc1cc(CN2CCC(n3cnc4c3CCCC4)C2)c(C)o1. The van der Waals surface area contributed by atoms with E-state index < -0.39 is 0 Å². The fourth-order valence-corrected chi connectivity index (χ4v) is 4.07. The average molecular weight is 299 g/mol. The van der Waals surface area contributed by atoms with E-state index in [4.69, 9.17) is 4.42 Å². The Morgan fingerprint density at radius 1 is 1.27 bits per heavy atom. The Hall–Kier alpha value is -1.55. The summed E-state index contributed by atoms with van der Waals surface area (Å²) < 4.78 is 8.13. The van der Waals surface area contributed by atoms with Gasteiger partial charge in [0.25, 0.3) is 0 Å². The van der Waals surface area contributed by atoms with Gasteiger partial charge in [-0.15, -0.1) is 0 Å². The third-order valence-corrected chi connectivity index (χ3v) is 5.24. The number of hydrogen-bond acceptors (Lipinski definition) is 3. The molecule has 1 unspecified atom stereocenters. The molecule has 0 bridgehead atoms. The first-order valence-corrected chi connectivity index (χ1v) is 8.53. The first-order chi connectivity index (χ1) is 10.7. The Balaban J connectivity index is 1.46. The summed E-state index contributed by atoms with van der Waals surface area (Å²) in [7, 11) is 0. The monoisotopic (exact) mass is 299 g/mol. The smallest absolute Gasteiger partial charge is 0.105 e. The second kappa shape index (κ2) is 5.58. The molecule has 0 N–H and O–H groups in total. The van der Waals surface area contributed by atoms with Crippen molar-refractivity contribution in [3.63, 3.8) is 0 Å². The van der Waals surface area contributed by atoms with Gasteiger partial charge < -0.3 is 8.98 Å². The van der Waals surface area contributed by atoms with Crippen molar-refractivity contribution in [3.8, 4) is 0 Å². The zero-order valence-corrected chi connectivity index (χ0v) is 13.6. The minimum atomic E-state index is 0.600. The van der Waals surface area contributed by atoms with Gasteiger partial charge in [0.15, 0.2) is 0 Å². The topological polar surface area (TPSA) is 34.2 Å². The summed E-state index contributed by atoms with van der Waals surface area (Å²) in [6.07, 6.45) is 8.34. The van der Waals surface area contributed by atoms with Gasteiger partial charge in [-0.05, 0) is 52.0 Å². The molecule has 1 saturated heterocycles. The molecule has 2 aromatic heterocycles. The van der Waals surface area contributed by atoms with Crippen LogP contribution in [0.1, 0.15) is 53.8 Å². The highest BCUT2D eigenvalue weighted by molar-refractivity contribution is 5.21. The quantitative estimate of drug-likeness (QED) is 0.871. The van der Waals surface area contributed by atoms with E-state index in [0.717, 1.165) is 24.6 Å². The number of nitrogens with zero attached hydrogens (tertiary/aromatic N) is 3. The van der Waals surface area contributed by atoms with Crippen LogP contribution in [0.25, 0.3) is 0 Å². The molecule has 4 nitrogen and oxygen atoms in total. The van der Waals surface area contributed by atoms with Crippen molar-refractivity contribution in [1.82, 2.24) is 14.5 Å². The van der Waals surface area contributed by atoms with E-state index in [9.17, 15) is 0 Å². The molecule has 2 aliphatic rings. The predicted octanol–water partition coefficient (Wildman–Crippen LogP) is 3.42. The molecule has 0 aromatic carbocycles. The molecule has 4 rings (SSSR count). The summed E-state index contributed by atoms with van der Waals surface area (Å²) in [5.41, 5.74) is 4.20. The Morgan fingerprint density at radius 2 is 2.14 bits per heavy atom. The van der Waals surface area contributed by atoms with E-state index in [1.165, 1.54) is 55.6 Å². The van der Waals surface area contributed by atoms with Gasteiger partial charge in [0.2, 0.25) is 0 Å². The lowest BCUT2D eigenvalue weighted by Gasteiger charge is -2.20. The van der Waals surface area contributed by atoms with Gasteiger partial charge in [-0.25, -0.2) is 4.98 Å². The molecule has 0 saturated carbocycles. The van der Waals surface area contributed by atoms with Crippen molar-refractivity contribution in [2.45, 2.75) is 58.5 Å². The van der Waals surface area contributed by atoms with Crippen LogP contribution in [0.2, 0.25) is 0 Å². The van der Waals surface area contributed by atoms with Crippen LogP contribution in [0.4, 0.5) is 0 Å². The number of aromatic nitrogens is 2. The number of furan rings is 1. The number of hydrogen-bond donors (Lipinski definition) is 0. The van der Waals surface area contributed by atoms with Crippen LogP contribution in [-0.2, 0) is 19.4 Å². The van der Waals surface area contributed by atoms with E-state index in [-0.39, 0.29) is 0 Å². The van der Waals surface area contributed by atoms with Crippen LogP contribution >= 0.6 is 0 Å². The molecule has 0 spiro atoms. The molecule has 0 radical (unpaired) electrons. The Bertz CT molecular complexity index is 670. The maximum Gasteiger partial charge on any atom is 0.105 e. The highest BCUT2D eigenvalue weighted by atomic mass is 16.3. The molecule has 1 fully saturated rings. The molecule has 3 heterocycles. The standard InChI is InChI=1S/C18H25N3O/c1-13-9-15(14(2)22-13)10-20-8-7-16(11-20)21-12-19-17-5-3-4-6-18(17)21/h9,12,16H,3-8,10-11H2,1-2H3. The fraction of sp³-hybridized carbons (Fsp3) is 0.611. The zero-order chi connectivity index (χ0) is 15.1. The average Bonchev–Trinajstić information content (AvgIpc) is 3.18. The normalized spacial score (nSPS) is 22.2. The van der Waals surface area contributed by atoms with Gasteiger partial charge in [0.05, 0.1) is 12.0 Å². The maximum absolute atomic E-state index is 5.66. The van der Waals surface area contributed by atoms with Crippen LogP contribution in [-0.4, -0.2) is 27.5 Å². The van der Waals surface area contributed by atoms with Crippen molar-refractivity contribution in [2.24, 2.45) is 0 Å². The lowest BCUT2D eigenvalue weighted by molar-refractivity contribution is 0.312. The zero-order valence-electron chi connectivity index (χ0n) is 13.6. The van der Waals surface area contributed by atoms with Crippen LogP contribution in [0, 0.1) is 13.8 Å². The third kappa shape index (κ3) is 2.50. The second-order valence-electron chi connectivity index (χ2n) is 6.87. The van der Waals surface area contributed by atoms with E-state index in [1.807, 2.05) is 6.92 Å². The van der Waals surface area contributed by atoms with Crippen molar-refractivity contribution in [1.29, 1.82) is 0 Å². The van der Waals surface area contributed by atoms with Crippen LogP contribution in [0.3, 0.4) is 0 Å². The molecular weight excluding hydrogens is 274 g/mol. The van der Waals surface area contributed by atoms with Gasteiger partial charge in [0, 0.05) is 36.9 Å². The van der Waals surface area contributed by atoms with Crippen LogP contribution < -0.4 is 0 Å². The second-order valence-corrected chi connectivity index (χ2v) is 6.87. The third-order valence-electron chi connectivity index (χ3n) is 5.24. The van der Waals surface area contributed by atoms with Crippen molar-refractivity contribution in [2.75, 3.05) is 13.1 Å². The lowest BCUT2D eigenvalue weighted by atomic mass is 10.0. The maximum atomic E-state index is 5.66. The summed E-state index contributed by atoms with van der Waals surface area (Å²) in [6, 6.07) is 2.78. The van der Waals surface area contributed by atoms with Crippen molar-refractivity contribution in [3.05, 3.63) is 40.9 Å². The largest absolute Gasteiger partial charge is 0.466 e. The van der Waals surface area contributed by atoms with Gasteiger partial charge in [0.1, 0.15) is 11.5 Å². The molecule has 0 amide bonds. The number of aryl methyl sites for hydroxylation is 3. The summed E-state index contributed by atoms with van der Waals surface area (Å²) in [4.78, 5) is 7.21. The predicted molar refractivity (Wildman–Crippen MR) is 86.0 cm³/mol. The molecule has 2 aromatic rings. The molecule has 1 aliphatic carbocycles. The molecular formula is C18H25N3O. The van der Waals surface area contributed by atoms with Gasteiger partial charge in [-0.2, -0.15) is 0 Å². The first-order valence-electron chi connectivity index (χ1n) is 8.53. The highest BCUT2D eigenvalue weighted by Gasteiger charge is 2.27. The Morgan fingerprint density at radius 3 is 2.95 bits per heavy atom. The van der Waals surface area contributed by atoms with Gasteiger partial charge >= 0.3 is 0 Å². The van der Waals surface area contributed by atoms with Gasteiger partial charge in [-0.1, -0.05) is 0 Å². The molecule has 4 heteroatoms. The summed E-state index contributed by atoms with van der Waals surface area (Å²) >= 11 is 0. The summed E-state index contributed by atoms with van der Waals surface area (Å²) in [5, 5.41) is 0. The lowest BCUT2D eigenvalue weighted by Crippen LogP contribution is -2.22.